The fraction of sp³-hybridized carbons (Fsp3) is 0.235. The van der Waals surface area contributed by atoms with E-state index in [1.807, 2.05) is 42.5 Å². The highest BCUT2D eigenvalue weighted by molar-refractivity contribution is 6.68. The number of halogens is 2. The molecule has 2 aromatic carbocycles. The lowest BCUT2D eigenvalue weighted by Crippen LogP contribution is -2.05. The number of alkyl halides is 2. The zero-order valence-electron chi connectivity index (χ0n) is 12.2. The Kier molecular flexibility index (Phi) is 6.97. The van der Waals surface area contributed by atoms with E-state index in [9.17, 15) is 4.79 Å². The summed E-state index contributed by atoms with van der Waals surface area (Å²) >= 11 is 11.5. The van der Waals surface area contributed by atoms with Crippen LogP contribution in [-0.4, -0.2) is 26.4 Å². The topological polar surface area (TPSA) is 26.3 Å². The summed E-state index contributed by atoms with van der Waals surface area (Å²) in [5.41, 5.74) is 1.36. The van der Waals surface area contributed by atoms with Gasteiger partial charge in [-0.15, -0.1) is 23.2 Å². The smallest absolute Gasteiger partial charge is 0.193 e. The van der Waals surface area contributed by atoms with Gasteiger partial charge in [0.1, 0.15) is 5.75 Å². The molecule has 0 aliphatic rings. The second-order valence-corrected chi connectivity index (χ2v) is 9.37. The quantitative estimate of drug-likeness (QED) is 0.310. The molecule has 0 N–H and O–H groups in total. The van der Waals surface area contributed by atoms with Crippen LogP contribution >= 0.6 is 23.2 Å². The number of rotatable bonds is 8. The van der Waals surface area contributed by atoms with Gasteiger partial charge in [0, 0.05) is 11.1 Å². The largest absolute Gasteiger partial charge is 0.494 e. The van der Waals surface area contributed by atoms with Crippen molar-refractivity contribution in [2.75, 3.05) is 6.61 Å². The van der Waals surface area contributed by atoms with Crippen molar-refractivity contribution in [2.24, 2.45) is 0 Å². The molecule has 0 saturated carbocycles. The van der Waals surface area contributed by atoms with Crippen molar-refractivity contribution < 1.29 is 9.53 Å². The first-order chi connectivity index (χ1) is 10.7. The number of ketones is 1. The summed E-state index contributed by atoms with van der Waals surface area (Å²) in [5.74, 6) is 0.799. The predicted octanol–water partition coefficient (Wildman–Crippen LogP) is 4.03. The number of carbonyl (C=O) groups excluding carboxylic acids is 1. The summed E-state index contributed by atoms with van der Waals surface area (Å²) in [5, 5.41) is 0. The van der Waals surface area contributed by atoms with Crippen LogP contribution in [0.1, 0.15) is 22.3 Å². The van der Waals surface area contributed by atoms with Crippen molar-refractivity contribution in [1.82, 2.24) is 0 Å². The van der Waals surface area contributed by atoms with Crippen LogP contribution in [0.15, 0.2) is 54.6 Å². The van der Waals surface area contributed by atoms with Crippen molar-refractivity contribution in [3.05, 3.63) is 65.7 Å². The van der Waals surface area contributed by atoms with Crippen molar-refractivity contribution in [3.8, 4) is 5.75 Å². The van der Waals surface area contributed by atoms with Crippen molar-refractivity contribution in [3.63, 3.8) is 0 Å². The van der Waals surface area contributed by atoms with E-state index in [1.165, 1.54) is 0 Å². The molecule has 0 spiro atoms. The summed E-state index contributed by atoms with van der Waals surface area (Å²) in [7, 11) is -0.395. The number of ether oxygens (including phenoxy) is 1. The molecule has 116 valence electrons. The van der Waals surface area contributed by atoms with E-state index in [2.05, 4.69) is 0 Å². The van der Waals surface area contributed by atoms with Gasteiger partial charge < -0.3 is 4.74 Å². The molecular weight excluding hydrogens is 335 g/mol. The average Bonchev–Trinajstić information content (AvgIpc) is 2.55. The van der Waals surface area contributed by atoms with Gasteiger partial charge in [0.25, 0.3) is 0 Å². The van der Waals surface area contributed by atoms with E-state index in [-0.39, 0.29) is 10.2 Å². The summed E-state index contributed by atoms with van der Waals surface area (Å²) in [4.78, 5) is 12.3. The monoisotopic (exact) mass is 352 g/mol. The molecule has 5 heteroatoms. The zero-order chi connectivity index (χ0) is 15.8. The minimum absolute atomic E-state index is 0.0217. The highest BCUT2D eigenvalue weighted by Gasteiger charge is 2.08. The zero-order valence-corrected chi connectivity index (χ0v) is 15.1. The Bertz CT molecular complexity index is 585. The van der Waals surface area contributed by atoms with Gasteiger partial charge in [-0.2, -0.15) is 0 Å². The van der Waals surface area contributed by atoms with E-state index < -0.39 is 9.52 Å². The Balaban J connectivity index is 1.84. The summed E-state index contributed by atoms with van der Waals surface area (Å²) in [6.07, 6.45) is 0.965. The minimum atomic E-state index is -0.395. The lowest BCUT2D eigenvalue weighted by Gasteiger charge is -2.07. The van der Waals surface area contributed by atoms with Crippen molar-refractivity contribution >= 4 is 38.5 Å². The fourth-order valence-corrected chi connectivity index (χ4v) is 3.78. The lowest BCUT2D eigenvalue weighted by molar-refractivity contribution is 0.103. The maximum absolute atomic E-state index is 12.3. The Hall–Kier alpha value is -1.29. The molecule has 0 amide bonds. The summed E-state index contributed by atoms with van der Waals surface area (Å²) in [6.45, 7) is 0.652. The van der Waals surface area contributed by atoms with Gasteiger partial charge in [0.05, 0.1) is 20.6 Å². The third kappa shape index (κ3) is 5.48. The fourth-order valence-electron chi connectivity index (χ4n) is 2.05. The van der Waals surface area contributed by atoms with Gasteiger partial charge in [-0.25, -0.2) is 0 Å². The maximum Gasteiger partial charge on any atom is 0.193 e. The van der Waals surface area contributed by atoms with Gasteiger partial charge in [-0.05, 0) is 30.7 Å². The third-order valence-corrected chi connectivity index (χ3v) is 5.89. The Morgan fingerprint density at radius 1 is 1.00 bits per heavy atom. The van der Waals surface area contributed by atoms with Crippen LogP contribution < -0.4 is 4.74 Å². The molecule has 0 radical (unpaired) electrons. The van der Waals surface area contributed by atoms with Gasteiger partial charge in [-0.3, -0.25) is 4.79 Å². The number of benzene rings is 2. The first kappa shape index (κ1) is 17.1. The summed E-state index contributed by atoms with van der Waals surface area (Å²) < 4.78 is 5.49. The van der Waals surface area contributed by atoms with Crippen LogP contribution in [0.3, 0.4) is 0 Å². The number of hydrogen-bond donors (Lipinski definition) is 0. The molecule has 2 rings (SSSR count). The van der Waals surface area contributed by atoms with Crippen LogP contribution in [0.4, 0.5) is 0 Å². The van der Waals surface area contributed by atoms with Crippen LogP contribution in [0.2, 0.25) is 6.04 Å². The van der Waals surface area contributed by atoms with Gasteiger partial charge >= 0.3 is 0 Å². The molecule has 0 atom stereocenters. The number of carbonyl (C=O) groups is 1. The average molecular weight is 353 g/mol. The van der Waals surface area contributed by atoms with Crippen LogP contribution in [0.25, 0.3) is 0 Å². The second kappa shape index (κ2) is 8.98. The molecular formula is C17H18Cl2O2Si. The van der Waals surface area contributed by atoms with Crippen molar-refractivity contribution in [2.45, 2.75) is 16.9 Å². The van der Waals surface area contributed by atoms with E-state index in [1.54, 1.807) is 12.1 Å². The van der Waals surface area contributed by atoms with Crippen molar-refractivity contribution in [1.29, 1.82) is 0 Å². The van der Waals surface area contributed by atoms with Crippen LogP contribution in [-0.2, 0) is 0 Å². The minimum Gasteiger partial charge on any atom is -0.494 e. The SMILES string of the molecule is O=C(c1ccccc1)c1ccc(OCCC[SiH2]C(Cl)Cl)cc1. The van der Waals surface area contributed by atoms with Crippen LogP contribution in [0, 0.1) is 0 Å². The van der Waals surface area contributed by atoms with E-state index in [0.717, 1.165) is 18.2 Å². The molecule has 0 aliphatic heterocycles. The Morgan fingerprint density at radius 2 is 1.64 bits per heavy atom. The highest BCUT2D eigenvalue weighted by atomic mass is 35.5. The van der Waals surface area contributed by atoms with Gasteiger partial charge in [0.15, 0.2) is 5.78 Å². The molecule has 0 aliphatic carbocycles. The van der Waals surface area contributed by atoms with E-state index >= 15 is 0 Å². The van der Waals surface area contributed by atoms with Gasteiger partial charge in [-0.1, -0.05) is 36.4 Å². The van der Waals surface area contributed by atoms with Crippen LogP contribution in [0.5, 0.6) is 5.75 Å². The van der Waals surface area contributed by atoms with E-state index in [4.69, 9.17) is 27.9 Å². The first-order valence-corrected chi connectivity index (χ1v) is 9.96. The molecule has 0 unspecified atom stereocenters. The predicted molar refractivity (Wildman–Crippen MR) is 95.3 cm³/mol. The lowest BCUT2D eigenvalue weighted by atomic mass is 10.0. The molecule has 2 nitrogen and oxygen atoms in total. The summed E-state index contributed by atoms with van der Waals surface area (Å²) in [6, 6.07) is 17.6. The third-order valence-electron chi connectivity index (χ3n) is 3.24. The molecule has 0 aromatic heterocycles. The molecule has 0 bridgehead atoms. The molecule has 0 heterocycles. The molecule has 0 saturated heterocycles. The normalized spacial score (nSPS) is 11.2. The number of hydrogen-bond acceptors (Lipinski definition) is 2. The van der Waals surface area contributed by atoms with Gasteiger partial charge in [0.2, 0.25) is 0 Å². The maximum atomic E-state index is 12.3. The Morgan fingerprint density at radius 3 is 2.27 bits per heavy atom. The first-order valence-electron chi connectivity index (χ1n) is 7.27. The molecule has 2 aromatic rings. The highest BCUT2D eigenvalue weighted by Crippen LogP contribution is 2.16. The molecule has 0 fully saturated rings. The Labute approximate surface area is 143 Å². The van der Waals surface area contributed by atoms with E-state index in [0.29, 0.717) is 17.7 Å². The molecule has 22 heavy (non-hydrogen) atoms. The standard InChI is InChI=1S/C17H18Cl2O2Si/c18-17(19)22-12-4-11-21-15-9-7-14(8-10-15)16(20)13-5-2-1-3-6-13/h1-3,5-10,17H,4,11-12,22H2. The second-order valence-electron chi connectivity index (χ2n) is 4.95.